The fourth-order valence-electron chi connectivity index (χ4n) is 1.49. The van der Waals surface area contributed by atoms with E-state index >= 15 is 0 Å². The van der Waals surface area contributed by atoms with Crippen molar-refractivity contribution in [2.24, 2.45) is 0 Å². The highest BCUT2D eigenvalue weighted by Gasteiger charge is 2.19. The number of aliphatic carboxylic acids is 1. The van der Waals surface area contributed by atoms with Crippen molar-refractivity contribution in [1.29, 1.82) is 0 Å². The number of hydrogen-bond acceptors (Lipinski definition) is 3. The zero-order valence-electron chi connectivity index (χ0n) is 10.9. The van der Waals surface area contributed by atoms with Gasteiger partial charge in [0.15, 0.2) is 0 Å². The second-order valence-corrected chi connectivity index (χ2v) is 4.99. The highest BCUT2D eigenvalue weighted by Crippen LogP contribution is 2.08. The molecule has 0 aromatic rings. The van der Waals surface area contributed by atoms with Crippen molar-refractivity contribution in [2.45, 2.75) is 38.8 Å². The van der Waals surface area contributed by atoms with E-state index in [2.05, 4.69) is 5.32 Å². The molecule has 0 heterocycles. The van der Waals surface area contributed by atoms with Crippen LogP contribution in [0.25, 0.3) is 0 Å². The molecule has 0 bridgehead atoms. The van der Waals surface area contributed by atoms with Crippen LogP contribution >= 0.6 is 11.8 Å². The molecule has 0 aliphatic rings. The number of rotatable bonds is 7. The van der Waals surface area contributed by atoms with E-state index in [0.717, 1.165) is 12.2 Å². The Kier molecular flexibility index (Phi) is 7.78. The number of thioether (sulfide) groups is 1. The number of nitrogens with one attached hydrogen (secondary N) is 1. The fourth-order valence-corrected chi connectivity index (χ4v) is 2.33. The van der Waals surface area contributed by atoms with Crippen molar-refractivity contribution in [2.75, 3.05) is 19.1 Å². The van der Waals surface area contributed by atoms with Crippen LogP contribution in [0.4, 0.5) is 4.79 Å². The third kappa shape index (κ3) is 6.41. The average Bonchev–Trinajstić information content (AvgIpc) is 2.23. The van der Waals surface area contributed by atoms with Gasteiger partial charge in [-0.1, -0.05) is 6.92 Å². The average molecular weight is 262 g/mol. The van der Waals surface area contributed by atoms with Crippen LogP contribution < -0.4 is 5.32 Å². The molecule has 5 nitrogen and oxygen atoms in total. The number of carbonyl (C=O) groups is 2. The summed E-state index contributed by atoms with van der Waals surface area (Å²) in [6.45, 7) is 3.72. The molecule has 2 amide bonds. The van der Waals surface area contributed by atoms with Crippen LogP contribution in [-0.2, 0) is 4.79 Å². The molecule has 0 fully saturated rings. The quantitative estimate of drug-likeness (QED) is 0.731. The van der Waals surface area contributed by atoms with E-state index in [4.69, 9.17) is 5.11 Å². The summed E-state index contributed by atoms with van der Waals surface area (Å²) < 4.78 is 0. The van der Waals surface area contributed by atoms with Crippen molar-refractivity contribution in [3.8, 4) is 0 Å². The van der Waals surface area contributed by atoms with Gasteiger partial charge in [-0.3, -0.25) is 4.79 Å². The molecule has 0 aliphatic carbocycles. The van der Waals surface area contributed by atoms with Crippen molar-refractivity contribution in [3.05, 3.63) is 0 Å². The molecule has 2 unspecified atom stereocenters. The lowest BCUT2D eigenvalue weighted by Gasteiger charge is -2.28. The van der Waals surface area contributed by atoms with E-state index < -0.39 is 5.97 Å². The lowest BCUT2D eigenvalue weighted by molar-refractivity contribution is -0.137. The predicted octanol–water partition coefficient (Wildman–Crippen LogP) is 1.63. The van der Waals surface area contributed by atoms with E-state index in [1.165, 1.54) is 0 Å². The maximum absolute atomic E-state index is 11.8. The van der Waals surface area contributed by atoms with Crippen LogP contribution in [0, 0.1) is 0 Å². The van der Waals surface area contributed by atoms with Crippen molar-refractivity contribution < 1.29 is 14.7 Å². The van der Waals surface area contributed by atoms with Gasteiger partial charge >= 0.3 is 12.0 Å². The third-order valence-electron chi connectivity index (χ3n) is 2.55. The van der Waals surface area contributed by atoms with Gasteiger partial charge in [-0.15, -0.1) is 0 Å². The first-order valence-electron chi connectivity index (χ1n) is 5.66. The molecule has 6 heteroatoms. The number of hydrogen-bond donors (Lipinski definition) is 2. The Labute approximate surface area is 107 Å². The van der Waals surface area contributed by atoms with Crippen LogP contribution in [0.1, 0.15) is 26.7 Å². The van der Waals surface area contributed by atoms with E-state index in [-0.39, 0.29) is 24.5 Å². The summed E-state index contributed by atoms with van der Waals surface area (Å²) in [5, 5.41) is 11.3. The molecular weight excluding hydrogens is 240 g/mol. The maximum Gasteiger partial charge on any atom is 0.317 e. The minimum absolute atomic E-state index is 0.0566. The molecule has 0 aromatic carbocycles. The Morgan fingerprint density at radius 2 is 2.06 bits per heavy atom. The molecule has 2 N–H and O–H groups in total. The van der Waals surface area contributed by atoms with Gasteiger partial charge in [0.1, 0.15) is 0 Å². The van der Waals surface area contributed by atoms with Gasteiger partial charge in [-0.05, 0) is 19.6 Å². The van der Waals surface area contributed by atoms with Crippen LogP contribution in [0.5, 0.6) is 0 Å². The fraction of sp³-hybridized carbons (Fsp3) is 0.818. The van der Waals surface area contributed by atoms with Crippen LogP contribution in [-0.4, -0.2) is 53.1 Å². The minimum atomic E-state index is -0.906. The smallest absolute Gasteiger partial charge is 0.317 e. The van der Waals surface area contributed by atoms with E-state index in [9.17, 15) is 9.59 Å². The lowest BCUT2D eigenvalue weighted by Crippen LogP contribution is -2.47. The number of nitrogens with zero attached hydrogens (tertiary/aromatic N) is 1. The summed E-state index contributed by atoms with van der Waals surface area (Å²) in [7, 11) is 1.74. The summed E-state index contributed by atoms with van der Waals surface area (Å²) in [6.07, 6.45) is 2.83. The van der Waals surface area contributed by atoms with Crippen molar-refractivity contribution >= 4 is 23.8 Å². The van der Waals surface area contributed by atoms with E-state index in [1.54, 1.807) is 30.6 Å². The van der Waals surface area contributed by atoms with Crippen molar-refractivity contribution in [3.63, 3.8) is 0 Å². The number of carbonyl (C=O) groups excluding carboxylic acids is 1. The molecule has 0 aliphatic heterocycles. The van der Waals surface area contributed by atoms with Crippen molar-refractivity contribution in [1.82, 2.24) is 10.2 Å². The predicted molar refractivity (Wildman–Crippen MR) is 70.5 cm³/mol. The van der Waals surface area contributed by atoms with Gasteiger partial charge in [0, 0.05) is 24.9 Å². The number of carboxylic acids is 1. The molecular formula is C11H22N2O3S. The van der Waals surface area contributed by atoms with Crippen LogP contribution in [0.3, 0.4) is 0 Å². The van der Waals surface area contributed by atoms with Gasteiger partial charge in [-0.2, -0.15) is 11.8 Å². The first kappa shape index (κ1) is 16.1. The lowest BCUT2D eigenvalue weighted by atomic mass is 10.2. The maximum atomic E-state index is 11.8. The zero-order chi connectivity index (χ0) is 13.4. The van der Waals surface area contributed by atoms with Gasteiger partial charge < -0.3 is 15.3 Å². The number of carboxylic acid groups (broad SMARTS) is 1. The first-order chi connectivity index (χ1) is 7.92. The van der Waals surface area contributed by atoms with Crippen LogP contribution in [0.15, 0.2) is 0 Å². The molecule has 2 atom stereocenters. The van der Waals surface area contributed by atoms with Gasteiger partial charge in [-0.25, -0.2) is 4.79 Å². The highest BCUT2D eigenvalue weighted by atomic mass is 32.2. The Bertz CT molecular complexity index is 261. The van der Waals surface area contributed by atoms with Gasteiger partial charge in [0.25, 0.3) is 0 Å². The summed E-state index contributed by atoms with van der Waals surface area (Å²) in [5.74, 6) is -0.0232. The summed E-state index contributed by atoms with van der Waals surface area (Å²) in [5.41, 5.74) is 0. The Hall–Kier alpha value is -0.910. The second-order valence-electron chi connectivity index (χ2n) is 4.08. The number of amides is 2. The second kappa shape index (κ2) is 8.22. The molecule has 0 saturated carbocycles. The first-order valence-corrected chi connectivity index (χ1v) is 7.05. The van der Waals surface area contributed by atoms with Gasteiger partial charge in [0.05, 0.1) is 6.42 Å². The van der Waals surface area contributed by atoms with E-state index in [0.29, 0.717) is 0 Å². The molecule has 0 saturated heterocycles. The standard InChI is InChI=1S/C11H22N2O3S/c1-5-9(7-17-4)13(3)11(16)12-8(2)6-10(14)15/h8-9H,5-7H2,1-4H3,(H,12,16)(H,14,15). The Balaban J connectivity index is 4.24. The summed E-state index contributed by atoms with van der Waals surface area (Å²) in [4.78, 5) is 24.0. The summed E-state index contributed by atoms with van der Waals surface area (Å²) >= 11 is 1.69. The Morgan fingerprint density at radius 1 is 1.47 bits per heavy atom. The molecule has 100 valence electrons. The SMILES string of the molecule is CCC(CSC)N(C)C(=O)NC(C)CC(=O)O. The van der Waals surface area contributed by atoms with Gasteiger partial charge in [0.2, 0.25) is 0 Å². The molecule has 0 aromatic heterocycles. The molecule has 0 rings (SSSR count). The Morgan fingerprint density at radius 3 is 2.47 bits per heavy atom. The highest BCUT2D eigenvalue weighted by molar-refractivity contribution is 7.98. The number of urea groups is 1. The molecule has 17 heavy (non-hydrogen) atoms. The topological polar surface area (TPSA) is 69.6 Å². The monoisotopic (exact) mass is 262 g/mol. The van der Waals surface area contributed by atoms with Crippen LogP contribution in [0.2, 0.25) is 0 Å². The minimum Gasteiger partial charge on any atom is -0.481 e. The summed E-state index contributed by atoms with van der Waals surface area (Å²) in [6, 6.07) is -0.379. The largest absolute Gasteiger partial charge is 0.481 e. The normalized spacial score (nSPS) is 13.9. The molecule has 0 spiro atoms. The third-order valence-corrected chi connectivity index (χ3v) is 3.27. The molecule has 0 radical (unpaired) electrons. The zero-order valence-corrected chi connectivity index (χ0v) is 11.7. The van der Waals surface area contributed by atoms with E-state index in [1.807, 2.05) is 13.2 Å².